The molecule has 0 aliphatic heterocycles. The molecule has 0 saturated carbocycles. The summed E-state index contributed by atoms with van der Waals surface area (Å²) in [5, 5.41) is 2.74. The minimum absolute atomic E-state index is 0.257. The molecule has 98 valence electrons. The number of urea groups is 1. The second-order valence-electron chi connectivity index (χ2n) is 3.70. The van der Waals surface area contributed by atoms with Crippen LogP contribution in [0.25, 0.3) is 0 Å². The van der Waals surface area contributed by atoms with Crippen LogP contribution in [0, 0.1) is 0 Å². The van der Waals surface area contributed by atoms with E-state index in [2.05, 4.69) is 10.0 Å². The van der Waals surface area contributed by atoms with Gasteiger partial charge in [-0.1, -0.05) is 18.2 Å². The van der Waals surface area contributed by atoms with Gasteiger partial charge in [0.05, 0.1) is 7.11 Å². The van der Waals surface area contributed by atoms with E-state index in [1.165, 1.54) is 11.9 Å². The van der Waals surface area contributed by atoms with Gasteiger partial charge in [-0.25, -0.2) is 4.79 Å². The summed E-state index contributed by atoms with van der Waals surface area (Å²) in [4.78, 5) is 12.6. The number of amides is 2. The lowest BCUT2D eigenvalue weighted by atomic mass is 10.3. The zero-order chi connectivity index (χ0) is 13.5. The van der Waals surface area contributed by atoms with Crippen molar-refractivity contribution < 1.29 is 9.53 Å². The van der Waals surface area contributed by atoms with Gasteiger partial charge in [-0.3, -0.25) is 4.72 Å². The Hall–Kier alpha value is -2.14. The van der Waals surface area contributed by atoms with Gasteiger partial charge < -0.3 is 10.1 Å². The van der Waals surface area contributed by atoms with Crippen LogP contribution in [0.4, 0.5) is 10.5 Å². The number of rotatable bonds is 4. The molecule has 0 aliphatic carbocycles. The average Bonchev–Trinajstić information content (AvgIpc) is 2.47. The third-order valence-electron chi connectivity index (χ3n) is 2.35. The summed E-state index contributed by atoms with van der Waals surface area (Å²) in [5.74, 6) is 0.790. The largest absolute Gasteiger partial charge is 0.497 e. The predicted molar refractivity (Wildman–Crippen MR) is 77.4 cm³/mol. The number of ether oxygens (including phenoxy) is 1. The van der Waals surface area contributed by atoms with Crippen molar-refractivity contribution in [2.75, 3.05) is 12.4 Å². The van der Waals surface area contributed by atoms with Crippen molar-refractivity contribution in [3.63, 3.8) is 0 Å². The summed E-state index contributed by atoms with van der Waals surface area (Å²) in [6, 6.07) is 16.5. The molecular weight excluding hydrogens is 260 g/mol. The Balaban J connectivity index is 1.83. The minimum atomic E-state index is -0.257. The first kappa shape index (κ1) is 13.3. The highest BCUT2D eigenvalue weighted by atomic mass is 32.2. The number of methoxy groups -OCH3 is 1. The highest BCUT2D eigenvalue weighted by Gasteiger charge is 2.02. The molecule has 2 aromatic rings. The first-order valence-electron chi connectivity index (χ1n) is 5.71. The van der Waals surface area contributed by atoms with Crippen LogP contribution in [-0.4, -0.2) is 13.1 Å². The van der Waals surface area contributed by atoms with Crippen LogP contribution in [0.15, 0.2) is 59.5 Å². The van der Waals surface area contributed by atoms with Gasteiger partial charge in [0.25, 0.3) is 0 Å². The molecule has 2 amide bonds. The van der Waals surface area contributed by atoms with Crippen LogP contribution in [0.5, 0.6) is 5.75 Å². The fourth-order valence-corrected chi connectivity index (χ4v) is 1.96. The molecule has 0 bridgehead atoms. The maximum Gasteiger partial charge on any atom is 0.329 e. The Kier molecular flexibility index (Phi) is 4.69. The van der Waals surface area contributed by atoms with Crippen molar-refractivity contribution in [1.82, 2.24) is 4.72 Å². The molecular formula is C14H14N2O2S. The second kappa shape index (κ2) is 6.70. The summed E-state index contributed by atoms with van der Waals surface area (Å²) in [7, 11) is 1.62. The quantitative estimate of drug-likeness (QED) is 0.839. The Morgan fingerprint density at radius 2 is 1.74 bits per heavy atom. The Morgan fingerprint density at radius 3 is 2.37 bits per heavy atom. The number of benzene rings is 2. The van der Waals surface area contributed by atoms with E-state index < -0.39 is 0 Å². The summed E-state index contributed by atoms with van der Waals surface area (Å²) in [6.07, 6.45) is 0. The van der Waals surface area contributed by atoms with E-state index in [0.717, 1.165) is 16.3 Å². The van der Waals surface area contributed by atoms with Gasteiger partial charge >= 0.3 is 6.03 Å². The number of carbonyl (C=O) groups is 1. The molecule has 0 atom stereocenters. The SMILES string of the molecule is COc1ccc(SNC(=O)Nc2ccccc2)cc1. The molecule has 0 spiro atoms. The molecule has 5 heteroatoms. The van der Waals surface area contributed by atoms with Gasteiger partial charge in [-0.15, -0.1) is 0 Å². The number of nitrogens with one attached hydrogen (secondary N) is 2. The van der Waals surface area contributed by atoms with Gasteiger partial charge in [-0.2, -0.15) is 0 Å². The Bertz CT molecular complexity index is 529. The fourth-order valence-electron chi connectivity index (χ4n) is 1.43. The topological polar surface area (TPSA) is 50.4 Å². The summed E-state index contributed by atoms with van der Waals surface area (Å²) >= 11 is 1.25. The zero-order valence-electron chi connectivity index (χ0n) is 10.4. The van der Waals surface area contributed by atoms with Crippen LogP contribution in [0.1, 0.15) is 0 Å². The van der Waals surface area contributed by atoms with Gasteiger partial charge in [0.15, 0.2) is 0 Å². The molecule has 4 nitrogen and oxygen atoms in total. The number of hydrogen-bond acceptors (Lipinski definition) is 3. The van der Waals surface area contributed by atoms with Gasteiger partial charge in [0, 0.05) is 10.6 Å². The van der Waals surface area contributed by atoms with E-state index in [0.29, 0.717) is 0 Å². The van der Waals surface area contributed by atoms with Crippen molar-refractivity contribution >= 4 is 23.7 Å². The maximum absolute atomic E-state index is 11.6. The van der Waals surface area contributed by atoms with Gasteiger partial charge in [-0.05, 0) is 48.3 Å². The Labute approximate surface area is 116 Å². The summed E-state index contributed by atoms with van der Waals surface area (Å²) < 4.78 is 7.78. The van der Waals surface area contributed by atoms with Crippen LogP contribution in [0.2, 0.25) is 0 Å². The molecule has 0 heterocycles. The van der Waals surface area contributed by atoms with E-state index in [1.807, 2.05) is 54.6 Å². The monoisotopic (exact) mass is 274 g/mol. The fraction of sp³-hybridized carbons (Fsp3) is 0.0714. The third-order valence-corrected chi connectivity index (χ3v) is 3.15. The molecule has 2 aromatic carbocycles. The minimum Gasteiger partial charge on any atom is -0.497 e. The molecule has 0 radical (unpaired) electrons. The third kappa shape index (κ3) is 4.22. The number of para-hydroxylation sites is 1. The van der Waals surface area contributed by atoms with E-state index in [4.69, 9.17) is 4.74 Å². The van der Waals surface area contributed by atoms with E-state index in [-0.39, 0.29) is 6.03 Å². The van der Waals surface area contributed by atoms with Crippen molar-refractivity contribution in [2.24, 2.45) is 0 Å². The first-order valence-corrected chi connectivity index (χ1v) is 6.52. The average molecular weight is 274 g/mol. The summed E-state index contributed by atoms with van der Waals surface area (Å²) in [6.45, 7) is 0. The molecule has 0 aliphatic rings. The lowest BCUT2D eigenvalue weighted by Gasteiger charge is -2.07. The molecule has 0 fully saturated rings. The van der Waals surface area contributed by atoms with Crippen LogP contribution in [-0.2, 0) is 0 Å². The van der Waals surface area contributed by atoms with Gasteiger partial charge in [0.2, 0.25) is 0 Å². The molecule has 19 heavy (non-hydrogen) atoms. The normalized spacial score (nSPS) is 9.74. The standard InChI is InChI=1S/C14H14N2O2S/c1-18-12-7-9-13(10-8-12)19-16-14(17)15-11-5-3-2-4-6-11/h2-10H,1H3,(H2,15,16,17). The molecule has 0 unspecified atom stereocenters. The number of anilines is 1. The number of hydrogen-bond donors (Lipinski definition) is 2. The molecule has 2 rings (SSSR count). The van der Waals surface area contributed by atoms with Crippen molar-refractivity contribution in [2.45, 2.75) is 4.90 Å². The van der Waals surface area contributed by atoms with E-state index in [9.17, 15) is 4.79 Å². The Morgan fingerprint density at radius 1 is 1.05 bits per heavy atom. The summed E-state index contributed by atoms with van der Waals surface area (Å²) in [5.41, 5.74) is 0.760. The first-order chi connectivity index (χ1) is 9.28. The lowest BCUT2D eigenvalue weighted by molar-refractivity contribution is 0.257. The van der Waals surface area contributed by atoms with Crippen molar-refractivity contribution in [1.29, 1.82) is 0 Å². The van der Waals surface area contributed by atoms with E-state index in [1.54, 1.807) is 7.11 Å². The van der Waals surface area contributed by atoms with Crippen LogP contribution >= 0.6 is 11.9 Å². The molecule has 0 saturated heterocycles. The smallest absolute Gasteiger partial charge is 0.329 e. The highest BCUT2D eigenvalue weighted by Crippen LogP contribution is 2.18. The van der Waals surface area contributed by atoms with Gasteiger partial charge in [0.1, 0.15) is 5.75 Å². The predicted octanol–water partition coefficient (Wildman–Crippen LogP) is 3.52. The maximum atomic E-state index is 11.6. The van der Waals surface area contributed by atoms with Crippen LogP contribution in [0.3, 0.4) is 0 Å². The lowest BCUT2D eigenvalue weighted by Crippen LogP contribution is -2.22. The van der Waals surface area contributed by atoms with Crippen molar-refractivity contribution in [3.05, 3.63) is 54.6 Å². The zero-order valence-corrected chi connectivity index (χ0v) is 11.2. The van der Waals surface area contributed by atoms with Crippen molar-refractivity contribution in [3.8, 4) is 5.75 Å². The highest BCUT2D eigenvalue weighted by molar-refractivity contribution is 7.98. The van der Waals surface area contributed by atoms with Crippen LogP contribution < -0.4 is 14.8 Å². The molecule has 0 aromatic heterocycles. The number of carbonyl (C=O) groups excluding carboxylic acids is 1. The molecule has 2 N–H and O–H groups in total. The van der Waals surface area contributed by atoms with E-state index >= 15 is 0 Å². The second-order valence-corrected chi connectivity index (χ2v) is 4.58.